The van der Waals surface area contributed by atoms with Gasteiger partial charge in [0, 0.05) is 12.8 Å². The molecule has 0 aliphatic carbocycles. The van der Waals surface area contributed by atoms with Crippen LogP contribution in [0.15, 0.2) is 53.4 Å². The lowest BCUT2D eigenvalue weighted by Gasteiger charge is -2.03. The van der Waals surface area contributed by atoms with Crippen molar-refractivity contribution in [3.8, 4) is 0 Å². The lowest BCUT2D eigenvalue weighted by atomic mass is 10.0. The Hall–Kier alpha value is -2.05. The molecule has 21 heavy (non-hydrogen) atoms. The van der Waals surface area contributed by atoms with Gasteiger partial charge in [-0.2, -0.15) is 0 Å². The Balaban J connectivity index is 2.03. The fourth-order valence-corrected chi connectivity index (χ4v) is 2.48. The molecule has 4 nitrogen and oxygen atoms in total. The molecule has 0 atom stereocenters. The smallest absolute Gasteiger partial charge is 0.238 e. The largest absolute Gasteiger partial charge is 0.299 e. The summed E-state index contributed by atoms with van der Waals surface area (Å²) in [6, 6.07) is 11.7. The molecule has 0 fully saturated rings. The predicted octanol–water partition coefficient (Wildman–Crippen LogP) is 1.83. The lowest BCUT2D eigenvalue weighted by Crippen LogP contribution is -2.12. The van der Waals surface area contributed by atoms with Gasteiger partial charge in [-0.15, -0.1) is 0 Å². The number of carbonyl (C=O) groups is 1. The van der Waals surface area contributed by atoms with Crippen LogP contribution in [0.5, 0.6) is 0 Å². The van der Waals surface area contributed by atoms with E-state index in [0.717, 1.165) is 0 Å². The molecule has 0 heterocycles. The van der Waals surface area contributed by atoms with Crippen molar-refractivity contribution >= 4 is 15.8 Å². The topological polar surface area (TPSA) is 77.2 Å². The van der Waals surface area contributed by atoms with Gasteiger partial charge in [-0.1, -0.05) is 24.3 Å². The summed E-state index contributed by atoms with van der Waals surface area (Å²) >= 11 is 0. The number of rotatable bonds is 5. The fourth-order valence-electron chi connectivity index (χ4n) is 1.96. The first-order valence-electron chi connectivity index (χ1n) is 6.22. The van der Waals surface area contributed by atoms with Crippen LogP contribution < -0.4 is 5.14 Å². The number of hydrogen-bond donors (Lipinski definition) is 1. The molecule has 0 amide bonds. The Bertz CT molecular complexity index is 755. The van der Waals surface area contributed by atoms with E-state index < -0.39 is 10.0 Å². The molecule has 0 radical (unpaired) electrons. The number of halogens is 1. The fraction of sp³-hybridized carbons (Fsp3) is 0.133. The van der Waals surface area contributed by atoms with E-state index in [4.69, 9.17) is 5.14 Å². The second-order valence-corrected chi connectivity index (χ2v) is 6.27. The third kappa shape index (κ3) is 4.47. The second kappa shape index (κ2) is 6.15. The van der Waals surface area contributed by atoms with E-state index in [-0.39, 0.29) is 29.3 Å². The minimum absolute atomic E-state index is 0.00355. The van der Waals surface area contributed by atoms with Crippen LogP contribution >= 0.6 is 0 Å². The van der Waals surface area contributed by atoms with E-state index >= 15 is 0 Å². The minimum Gasteiger partial charge on any atom is -0.299 e. The Morgan fingerprint density at radius 3 is 2.19 bits per heavy atom. The molecule has 2 aromatic carbocycles. The third-order valence-corrected chi connectivity index (χ3v) is 3.87. The van der Waals surface area contributed by atoms with Gasteiger partial charge in [-0.25, -0.2) is 17.9 Å². The van der Waals surface area contributed by atoms with E-state index in [0.29, 0.717) is 11.1 Å². The van der Waals surface area contributed by atoms with Gasteiger partial charge in [0.15, 0.2) is 0 Å². The molecule has 0 spiro atoms. The number of sulfonamides is 1. The number of benzene rings is 2. The Kier molecular flexibility index (Phi) is 4.50. The zero-order valence-corrected chi connectivity index (χ0v) is 11.9. The van der Waals surface area contributed by atoms with Crippen LogP contribution in [0.2, 0.25) is 0 Å². The SMILES string of the molecule is NS(=O)(=O)c1ccc(CC(=O)Cc2cccc(F)c2)cc1. The molecule has 0 aromatic heterocycles. The number of primary sulfonamides is 1. The zero-order valence-electron chi connectivity index (χ0n) is 11.1. The number of Topliss-reactive ketones (excluding diaryl/α,β-unsaturated/α-hetero) is 1. The molecule has 6 heteroatoms. The van der Waals surface area contributed by atoms with Crippen LogP contribution in [0.4, 0.5) is 4.39 Å². The quantitative estimate of drug-likeness (QED) is 0.915. The maximum absolute atomic E-state index is 13.0. The van der Waals surface area contributed by atoms with Crippen LogP contribution in [-0.2, 0) is 27.7 Å². The summed E-state index contributed by atoms with van der Waals surface area (Å²) in [7, 11) is -3.73. The van der Waals surface area contributed by atoms with Gasteiger partial charge in [0.05, 0.1) is 4.90 Å². The summed E-state index contributed by atoms with van der Waals surface area (Å²) in [6.45, 7) is 0. The number of ketones is 1. The van der Waals surface area contributed by atoms with Crippen LogP contribution in [0.25, 0.3) is 0 Å². The average molecular weight is 307 g/mol. The van der Waals surface area contributed by atoms with Crippen LogP contribution in [0.1, 0.15) is 11.1 Å². The molecule has 2 rings (SSSR count). The predicted molar refractivity (Wildman–Crippen MR) is 76.6 cm³/mol. The van der Waals surface area contributed by atoms with Crippen LogP contribution in [0, 0.1) is 5.82 Å². The van der Waals surface area contributed by atoms with E-state index in [1.807, 2.05) is 0 Å². The first kappa shape index (κ1) is 15.3. The molecular formula is C15H14FNO3S. The number of hydrogen-bond acceptors (Lipinski definition) is 3. The molecule has 0 aliphatic heterocycles. The average Bonchev–Trinajstić information content (AvgIpc) is 2.38. The summed E-state index contributed by atoms with van der Waals surface area (Å²) in [6.07, 6.45) is 0.288. The zero-order chi connectivity index (χ0) is 15.5. The Morgan fingerprint density at radius 1 is 1.00 bits per heavy atom. The van der Waals surface area contributed by atoms with E-state index in [1.165, 1.54) is 24.3 Å². The highest BCUT2D eigenvalue weighted by atomic mass is 32.2. The van der Waals surface area contributed by atoms with Gasteiger partial charge >= 0.3 is 0 Å². The van der Waals surface area contributed by atoms with Gasteiger partial charge in [0.25, 0.3) is 0 Å². The molecule has 0 unspecified atom stereocenters. The van der Waals surface area contributed by atoms with Crippen molar-refractivity contribution < 1.29 is 17.6 Å². The molecule has 0 bridgehead atoms. The highest BCUT2D eigenvalue weighted by molar-refractivity contribution is 7.89. The number of nitrogens with two attached hydrogens (primary N) is 1. The third-order valence-electron chi connectivity index (χ3n) is 2.94. The van der Waals surface area contributed by atoms with Crippen LogP contribution in [0.3, 0.4) is 0 Å². The maximum Gasteiger partial charge on any atom is 0.238 e. The monoisotopic (exact) mass is 307 g/mol. The molecular weight excluding hydrogens is 293 g/mol. The summed E-state index contributed by atoms with van der Waals surface area (Å²) in [5.41, 5.74) is 1.30. The van der Waals surface area contributed by atoms with Gasteiger partial charge < -0.3 is 0 Å². The Morgan fingerprint density at radius 2 is 1.62 bits per heavy atom. The van der Waals surface area contributed by atoms with Crippen molar-refractivity contribution in [1.82, 2.24) is 0 Å². The van der Waals surface area contributed by atoms with E-state index in [2.05, 4.69) is 0 Å². The standard InChI is InChI=1S/C15H14FNO3S/c16-13-3-1-2-12(8-13)10-14(18)9-11-4-6-15(7-5-11)21(17,19)20/h1-8H,9-10H2,(H2,17,19,20). The van der Waals surface area contributed by atoms with Crippen molar-refractivity contribution in [3.05, 3.63) is 65.5 Å². The Labute approximate surface area is 122 Å². The maximum atomic E-state index is 13.0. The van der Waals surface area contributed by atoms with Gasteiger partial charge in [0.1, 0.15) is 11.6 Å². The lowest BCUT2D eigenvalue weighted by molar-refractivity contribution is -0.117. The van der Waals surface area contributed by atoms with Gasteiger partial charge in [0.2, 0.25) is 10.0 Å². The summed E-state index contributed by atoms with van der Waals surface area (Å²) in [5, 5.41) is 4.99. The van der Waals surface area contributed by atoms with E-state index in [9.17, 15) is 17.6 Å². The van der Waals surface area contributed by atoms with E-state index in [1.54, 1.807) is 24.3 Å². The van der Waals surface area contributed by atoms with Crippen molar-refractivity contribution in [2.75, 3.05) is 0 Å². The number of carbonyl (C=O) groups excluding carboxylic acids is 1. The first-order valence-corrected chi connectivity index (χ1v) is 7.77. The highest BCUT2D eigenvalue weighted by Crippen LogP contribution is 2.11. The van der Waals surface area contributed by atoms with Gasteiger partial charge in [-0.3, -0.25) is 4.79 Å². The van der Waals surface area contributed by atoms with Crippen molar-refractivity contribution in [2.45, 2.75) is 17.7 Å². The van der Waals surface area contributed by atoms with Crippen molar-refractivity contribution in [1.29, 1.82) is 0 Å². The molecule has 0 saturated carbocycles. The van der Waals surface area contributed by atoms with Crippen molar-refractivity contribution in [2.24, 2.45) is 5.14 Å². The van der Waals surface area contributed by atoms with Crippen LogP contribution in [-0.4, -0.2) is 14.2 Å². The molecule has 0 saturated heterocycles. The van der Waals surface area contributed by atoms with Crippen molar-refractivity contribution in [3.63, 3.8) is 0 Å². The highest BCUT2D eigenvalue weighted by Gasteiger charge is 2.09. The second-order valence-electron chi connectivity index (χ2n) is 4.71. The molecule has 2 aromatic rings. The molecule has 0 aliphatic rings. The summed E-state index contributed by atoms with van der Waals surface area (Å²) in [4.78, 5) is 11.9. The normalized spacial score (nSPS) is 11.3. The molecule has 2 N–H and O–H groups in total. The van der Waals surface area contributed by atoms with Gasteiger partial charge in [-0.05, 0) is 35.4 Å². The summed E-state index contributed by atoms with van der Waals surface area (Å²) < 4.78 is 35.3. The molecule has 110 valence electrons. The minimum atomic E-state index is -3.73. The summed E-state index contributed by atoms with van der Waals surface area (Å²) in [5.74, 6) is -0.457. The first-order chi connectivity index (χ1) is 9.84.